The number of pyridine rings is 1. The fraction of sp³-hybridized carbons (Fsp3) is 0.214. The van der Waals surface area contributed by atoms with Crippen molar-refractivity contribution in [2.75, 3.05) is 5.32 Å². The number of hydrogen-bond acceptors (Lipinski definition) is 4. The minimum atomic E-state index is -0.183. The molecule has 0 spiro atoms. The highest BCUT2D eigenvalue weighted by Gasteiger charge is 2.07. The van der Waals surface area contributed by atoms with Gasteiger partial charge in [-0.05, 0) is 34.5 Å². The van der Waals surface area contributed by atoms with Gasteiger partial charge in [-0.1, -0.05) is 12.1 Å². The Morgan fingerprint density at radius 2 is 2.25 bits per heavy atom. The first-order chi connectivity index (χ1) is 9.61. The number of hydrogen-bond donors (Lipinski definition) is 1. The van der Waals surface area contributed by atoms with Gasteiger partial charge in [-0.15, -0.1) is 6.58 Å². The molecule has 0 radical (unpaired) electrons. The number of aromatic nitrogens is 3. The Bertz CT molecular complexity index is 664. The van der Waals surface area contributed by atoms with E-state index in [0.717, 1.165) is 11.3 Å². The first-order valence-electron chi connectivity index (χ1n) is 6.13. The summed E-state index contributed by atoms with van der Waals surface area (Å²) in [6.07, 6.45) is 5.06. The summed E-state index contributed by atoms with van der Waals surface area (Å²) < 4.78 is 1.81. The van der Waals surface area contributed by atoms with Crippen molar-refractivity contribution in [3.05, 3.63) is 63.3 Å². The molecule has 2 heterocycles. The summed E-state index contributed by atoms with van der Waals surface area (Å²) in [4.78, 5) is 16.2. The molecule has 0 atom stereocenters. The molecule has 2 aromatic rings. The molecule has 0 saturated carbocycles. The standard InChI is InChI=1S/C14H15BrN4O/c1-3-6-19-14(20)13(15)12(9-18-19)17-8-11-5-4-10(2)16-7-11/h3-5,7,9,17H,1,6,8H2,2H3. The maximum Gasteiger partial charge on any atom is 0.283 e. The SMILES string of the molecule is C=CCn1ncc(NCc2ccc(C)nc2)c(Br)c1=O. The zero-order valence-electron chi connectivity index (χ0n) is 11.1. The normalized spacial score (nSPS) is 10.3. The number of nitrogens with one attached hydrogen (secondary N) is 1. The largest absolute Gasteiger partial charge is 0.379 e. The van der Waals surface area contributed by atoms with Crippen LogP contribution in [0.1, 0.15) is 11.3 Å². The fourth-order valence-electron chi connectivity index (χ4n) is 1.64. The first kappa shape index (κ1) is 14.5. The smallest absolute Gasteiger partial charge is 0.283 e. The van der Waals surface area contributed by atoms with E-state index in [2.05, 4.69) is 37.9 Å². The van der Waals surface area contributed by atoms with Crippen molar-refractivity contribution in [2.24, 2.45) is 0 Å². The van der Waals surface area contributed by atoms with Crippen LogP contribution in [0.15, 0.2) is 46.4 Å². The lowest BCUT2D eigenvalue weighted by molar-refractivity contribution is 0.649. The Hall–Kier alpha value is -1.95. The van der Waals surface area contributed by atoms with E-state index in [1.165, 1.54) is 4.68 Å². The van der Waals surface area contributed by atoms with Crippen molar-refractivity contribution < 1.29 is 0 Å². The Morgan fingerprint density at radius 1 is 1.45 bits per heavy atom. The molecule has 0 aliphatic carbocycles. The van der Waals surface area contributed by atoms with Gasteiger partial charge in [-0.2, -0.15) is 5.10 Å². The van der Waals surface area contributed by atoms with Gasteiger partial charge in [0.25, 0.3) is 5.56 Å². The Morgan fingerprint density at radius 3 is 2.90 bits per heavy atom. The van der Waals surface area contributed by atoms with Crippen molar-refractivity contribution in [3.8, 4) is 0 Å². The van der Waals surface area contributed by atoms with Crippen LogP contribution in [0.4, 0.5) is 5.69 Å². The Balaban J connectivity index is 2.14. The maximum atomic E-state index is 12.0. The van der Waals surface area contributed by atoms with Crippen LogP contribution >= 0.6 is 15.9 Å². The fourth-order valence-corrected chi connectivity index (χ4v) is 2.09. The summed E-state index contributed by atoms with van der Waals surface area (Å²) in [5.74, 6) is 0. The number of nitrogens with zero attached hydrogens (tertiary/aromatic N) is 3. The molecule has 0 aliphatic rings. The zero-order chi connectivity index (χ0) is 14.5. The third-order valence-corrected chi connectivity index (χ3v) is 3.51. The van der Waals surface area contributed by atoms with Crippen molar-refractivity contribution in [2.45, 2.75) is 20.0 Å². The molecule has 0 unspecified atom stereocenters. The molecule has 0 aromatic carbocycles. The summed E-state index contributed by atoms with van der Waals surface area (Å²) in [6.45, 7) is 6.51. The van der Waals surface area contributed by atoms with Gasteiger partial charge in [-0.3, -0.25) is 9.78 Å². The monoisotopic (exact) mass is 334 g/mol. The molecule has 2 rings (SSSR count). The van der Waals surface area contributed by atoms with Crippen molar-refractivity contribution in [1.82, 2.24) is 14.8 Å². The summed E-state index contributed by atoms with van der Waals surface area (Å²) in [6, 6.07) is 3.95. The van der Waals surface area contributed by atoms with E-state index in [-0.39, 0.29) is 5.56 Å². The lowest BCUT2D eigenvalue weighted by atomic mass is 10.2. The zero-order valence-corrected chi connectivity index (χ0v) is 12.7. The van der Waals surface area contributed by atoms with Crippen LogP contribution in [0.25, 0.3) is 0 Å². The second-order valence-corrected chi connectivity index (χ2v) is 5.10. The Kier molecular flexibility index (Phi) is 4.68. The molecular formula is C14H15BrN4O. The summed E-state index contributed by atoms with van der Waals surface area (Å²) in [5.41, 5.74) is 2.49. The minimum absolute atomic E-state index is 0.183. The predicted octanol–water partition coefficient (Wildman–Crippen LogP) is 2.51. The second-order valence-electron chi connectivity index (χ2n) is 4.31. The second kappa shape index (κ2) is 6.47. The molecule has 0 aliphatic heterocycles. The highest BCUT2D eigenvalue weighted by Crippen LogP contribution is 2.17. The molecule has 0 fully saturated rings. The summed E-state index contributed by atoms with van der Waals surface area (Å²) in [5, 5.41) is 7.25. The Labute approximate surface area is 125 Å². The van der Waals surface area contributed by atoms with Crippen LogP contribution in [0.2, 0.25) is 0 Å². The lowest BCUT2D eigenvalue weighted by Crippen LogP contribution is -2.23. The van der Waals surface area contributed by atoms with E-state index in [1.807, 2.05) is 25.3 Å². The molecule has 20 heavy (non-hydrogen) atoms. The van der Waals surface area contributed by atoms with Crippen molar-refractivity contribution in [3.63, 3.8) is 0 Å². The molecule has 1 N–H and O–H groups in total. The van der Waals surface area contributed by atoms with Crippen LogP contribution in [0, 0.1) is 6.92 Å². The van der Waals surface area contributed by atoms with E-state index < -0.39 is 0 Å². The number of rotatable bonds is 5. The highest BCUT2D eigenvalue weighted by molar-refractivity contribution is 9.10. The van der Waals surface area contributed by atoms with Crippen LogP contribution in [0.5, 0.6) is 0 Å². The number of allylic oxidation sites excluding steroid dienone is 1. The molecule has 0 amide bonds. The number of aryl methyl sites for hydroxylation is 1. The molecule has 0 bridgehead atoms. The molecule has 104 valence electrons. The van der Waals surface area contributed by atoms with E-state index in [4.69, 9.17) is 0 Å². The third-order valence-electron chi connectivity index (χ3n) is 2.74. The average molecular weight is 335 g/mol. The van der Waals surface area contributed by atoms with Gasteiger partial charge in [0.05, 0.1) is 18.4 Å². The van der Waals surface area contributed by atoms with Crippen molar-refractivity contribution >= 4 is 21.6 Å². The van der Waals surface area contributed by atoms with E-state index in [1.54, 1.807) is 12.3 Å². The van der Waals surface area contributed by atoms with Gasteiger partial charge in [0.2, 0.25) is 0 Å². The topological polar surface area (TPSA) is 59.8 Å². The van der Waals surface area contributed by atoms with Crippen LogP contribution < -0.4 is 10.9 Å². The van der Waals surface area contributed by atoms with Gasteiger partial charge >= 0.3 is 0 Å². The third kappa shape index (κ3) is 3.33. The van der Waals surface area contributed by atoms with Crippen LogP contribution in [0.3, 0.4) is 0 Å². The lowest BCUT2D eigenvalue weighted by Gasteiger charge is -2.09. The van der Waals surface area contributed by atoms with Gasteiger partial charge < -0.3 is 5.32 Å². The van der Waals surface area contributed by atoms with Crippen LogP contribution in [-0.2, 0) is 13.1 Å². The minimum Gasteiger partial charge on any atom is -0.379 e. The van der Waals surface area contributed by atoms with Crippen LogP contribution in [-0.4, -0.2) is 14.8 Å². The highest BCUT2D eigenvalue weighted by atomic mass is 79.9. The van der Waals surface area contributed by atoms with Gasteiger partial charge in [0.1, 0.15) is 4.47 Å². The quantitative estimate of drug-likeness (QED) is 0.853. The van der Waals surface area contributed by atoms with Gasteiger partial charge in [-0.25, -0.2) is 4.68 Å². The molecule has 0 saturated heterocycles. The number of anilines is 1. The van der Waals surface area contributed by atoms with E-state index in [9.17, 15) is 4.79 Å². The predicted molar refractivity (Wildman–Crippen MR) is 82.7 cm³/mol. The summed E-state index contributed by atoms with van der Waals surface area (Å²) >= 11 is 3.30. The van der Waals surface area contributed by atoms with E-state index in [0.29, 0.717) is 23.2 Å². The van der Waals surface area contributed by atoms with Gasteiger partial charge in [0, 0.05) is 18.4 Å². The first-order valence-corrected chi connectivity index (χ1v) is 6.93. The average Bonchev–Trinajstić information content (AvgIpc) is 2.45. The van der Waals surface area contributed by atoms with E-state index >= 15 is 0 Å². The maximum absolute atomic E-state index is 12.0. The van der Waals surface area contributed by atoms with Gasteiger partial charge in [0.15, 0.2) is 0 Å². The molecular weight excluding hydrogens is 320 g/mol. The molecule has 6 heteroatoms. The molecule has 5 nitrogen and oxygen atoms in total. The number of halogens is 1. The molecule has 2 aromatic heterocycles. The summed E-state index contributed by atoms with van der Waals surface area (Å²) in [7, 11) is 0. The van der Waals surface area contributed by atoms with Crippen molar-refractivity contribution in [1.29, 1.82) is 0 Å².